The lowest BCUT2D eigenvalue weighted by Gasteiger charge is -2.15. The van der Waals surface area contributed by atoms with E-state index in [0.29, 0.717) is 13.1 Å². The molecule has 8 heteroatoms. The van der Waals surface area contributed by atoms with Gasteiger partial charge in [-0.05, 0) is 12.8 Å². The van der Waals surface area contributed by atoms with Crippen LogP contribution in [0.25, 0.3) is 0 Å². The standard InChI is InChI=1S/C10H17N7O/c18-10(7-5-12-16-13-7)11-6-9-15-14-8-3-1-2-4-17(8)9/h7,12-13,16H,1-6H2,(H,11,18). The molecule has 1 saturated heterocycles. The Balaban J connectivity index is 1.59. The molecule has 0 bridgehead atoms. The van der Waals surface area contributed by atoms with Crippen LogP contribution in [0.3, 0.4) is 0 Å². The van der Waals surface area contributed by atoms with Gasteiger partial charge in [-0.25, -0.2) is 10.9 Å². The lowest BCUT2D eigenvalue weighted by molar-refractivity contribution is -0.122. The summed E-state index contributed by atoms with van der Waals surface area (Å²) < 4.78 is 2.11. The molecule has 1 aromatic rings. The van der Waals surface area contributed by atoms with E-state index in [4.69, 9.17) is 0 Å². The van der Waals surface area contributed by atoms with Crippen LogP contribution < -0.4 is 21.7 Å². The van der Waals surface area contributed by atoms with Crippen molar-refractivity contribution in [1.29, 1.82) is 0 Å². The van der Waals surface area contributed by atoms with Crippen LogP contribution in [0.4, 0.5) is 0 Å². The fraction of sp³-hybridized carbons (Fsp3) is 0.700. The van der Waals surface area contributed by atoms with E-state index in [0.717, 1.165) is 31.0 Å². The summed E-state index contributed by atoms with van der Waals surface area (Å²) in [6.45, 7) is 1.96. The molecule has 3 rings (SSSR count). The van der Waals surface area contributed by atoms with Crippen molar-refractivity contribution < 1.29 is 4.79 Å². The van der Waals surface area contributed by atoms with Gasteiger partial charge in [0.15, 0.2) is 5.82 Å². The average Bonchev–Trinajstić information content (AvgIpc) is 3.06. The minimum absolute atomic E-state index is 0.0411. The second-order valence-electron chi connectivity index (χ2n) is 4.56. The molecule has 1 atom stereocenters. The Morgan fingerprint density at radius 1 is 1.44 bits per heavy atom. The summed E-state index contributed by atoms with van der Waals surface area (Å²) in [6, 6.07) is -0.242. The zero-order chi connectivity index (χ0) is 12.4. The van der Waals surface area contributed by atoms with Crippen molar-refractivity contribution in [3.05, 3.63) is 11.6 Å². The summed E-state index contributed by atoms with van der Waals surface area (Å²) in [5.41, 5.74) is 8.38. The quantitative estimate of drug-likeness (QED) is 0.507. The second-order valence-corrected chi connectivity index (χ2v) is 4.56. The van der Waals surface area contributed by atoms with E-state index in [9.17, 15) is 4.79 Å². The molecule has 18 heavy (non-hydrogen) atoms. The largest absolute Gasteiger partial charge is 0.347 e. The molecule has 4 N–H and O–H groups in total. The van der Waals surface area contributed by atoms with Crippen LogP contribution in [0.5, 0.6) is 0 Å². The van der Waals surface area contributed by atoms with Gasteiger partial charge in [-0.3, -0.25) is 4.79 Å². The van der Waals surface area contributed by atoms with Gasteiger partial charge in [-0.15, -0.1) is 10.2 Å². The molecule has 1 unspecified atom stereocenters. The van der Waals surface area contributed by atoms with Gasteiger partial charge in [-0.2, -0.15) is 5.53 Å². The van der Waals surface area contributed by atoms with E-state index < -0.39 is 0 Å². The first kappa shape index (κ1) is 11.6. The van der Waals surface area contributed by atoms with Gasteiger partial charge >= 0.3 is 0 Å². The number of hydrogen-bond acceptors (Lipinski definition) is 6. The monoisotopic (exact) mass is 251 g/mol. The topological polar surface area (TPSA) is 95.9 Å². The third kappa shape index (κ3) is 2.22. The molecule has 0 aliphatic carbocycles. The maximum Gasteiger partial charge on any atom is 0.240 e. The average molecular weight is 251 g/mol. The van der Waals surface area contributed by atoms with Crippen molar-refractivity contribution >= 4 is 5.91 Å². The van der Waals surface area contributed by atoms with Crippen LogP contribution in [0, 0.1) is 0 Å². The summed E-state index contributed by atoms with van der Waals surface area (Å²) in [5.74, 6) is 1.84. The van der Waals surface area contributed by atoms with E-state index >= 15 is 0 Å². The fourth-order valence-electron chi connectivity index (χ4n) is 2.29. The number of amides is 1. The number of nitrogens with zero attached hydrogens (tertiary/aromatic N) is 3. The summed E-state index contributed by atoms with van der Waals surface area (Å²) in [4.78, 5) is 11.8. The maximum atomic E-state index is 11.8. The molecule has 0 saturated carbocycles. The Morgan fingerprint density at radius 3 is 3.22 bits per heavy atom. The first-order valence-electron chi connectivity index (χ1n) is 6.26. The number of hydrogen-bond donors (Lipinski definition) is 4. The molecule has 0 radical (unpaired) electrons. The summed E-state index contributed by atoms with van der Waals surface area (Å²) in [6.07, 6.45) is 3.32. The van der Waals surface area contributed by atoms with Crippen molar-refractivity contribution in [3.63, 3.8) is 0 Å². The van der Waals surface area contributed by atoms with Gasteiger partial charge in [0.05, 0.1) is 6.54 Å². The lowest BCUT2D eigenvalue weighted by atomic mass is 10.2. The molecule has 8 nitrogen and oxygen atoms in total. The summed E-state index contributed by atoms with van der Waals surface area (Å²) in [7, 11) is 0. The zero-order valence-corrected chi connectivity index (χ0v) is 10.1. The van der Waals surface area contributed by atoms with E-state index in [2.05, 4.69) is 36.5 Å². The number of carbonyl (C=O) groups excluding carboxylic acids is 1. The Morgan fingerprint density at radius 2 is 2.39 bits per heavy atom. The summed E-state index contributed by atoms with van der Waals surface area (Å²) >= 11 is 0. The third-order valence-electron chi connectivity index (χ3n) is 3.31. The number of nitrogens with one attached hydrogen (secondary N) is 4. The van der Waals surface area contributed by atoms with Crippen LogP contribution in [0.2, 0.25) is 0 Å². The number of aromatic nitrogens is 3. The van der Waals surface area contributed by atoms with Gasteiger partial charge < -0.3 is 9.88 Å². The zero-order valence-electron chi connectivity index (χ0n) is 10.1. The first-order chi connectivity index (χ1) is 8.84. The molecule has 1 fully saturated rings. The number of fused-ring (bicyclic) bond motifs is 1. The highest BCUT2D eigenvalue weighted by Crippen LogP contribution is 2.13. The molecule has 3 heterocycles. The first-order valence-corrected chi connectivity index (χ1v) is 6.26. The molecule has 98 valence electrons. The minimum atomic E-state index is -0.242. The number of rotatable bonds is 3. The predicted molar refractivity (Wildman–Crippen MR) is 62.9 cm³/mol. The lowest BCUT2D eigenvalue weighted by Crippen LogP contribution is -2.44. The Kier molecular flexibility index (Phi) is 3.22. The summed E-state index contributed by atoms with van der Waals surface area (Å²) in [5, 5.41) is 11.2. The predicted octanol–water partition coefficient (Wildman–Crippen LogP) is -1.79. The van der Waals surface area contributed by atoms with Crippen molar-refractivity contribution in [2.24, 2.45) is 0 Å². The van der Waals surface area contributed by atoms with Crippen molar-refractivity contribution in [3.8, 4) is 0 Å². The SMILES string of the molecule is O=C(NCc1nnc2n1CCCC2)C1CNNN1. The van der Waals surface area contributed by atoms with Crippen LogP contribution >= 0.6 is 0 Å². The highest BCUT2D eigenvalue weighted by molar-refractivity contribution is 5.82. The van der Waals surface area contributed by atoms with Crippen LogP contribution in [-0.2, 0) is 24.3 Å². The van der Waals surface area contributed by atoms with Gasteiger partial charge in [0.2, 0.25) is 5.91 Å². The normalized spacial score (nSPS) is 22.8. The van der Waals surface area contributed by atoms with E-state index in [-0.39, 0.29) is 11.9 Å². The molecule has 1 amide bonds. The Bertz CT molecular complexity index is 437. The van der Waals surface area contributed by atoms with E-state index in [1.54, 1.807) is 0 Å². The molecule has 2 aliphatic heterocycles. The maximum absolute atomic E-state index is 11.8. The Hall–Kier alpha value is -1.51. The van der Waals surface area contributed by atoms with Gasteiger partial charge in [0.1, 0.15) is 11.9 Å². The third-order valence-corrected chi connectivity index (χ3v) is 3.31. The van der Waals surface area contributed by atoms with Gasteiger partial charge in [-0.1, -0.05) is 0 Å². The second kappa shape index (κ2) is 5.01. The molecule has 0 spiro atoms. The highest BCUT2D eigenvalue weighted by atomic mass is 16.2. The molecular formula is C10H17N7O. The van der Waals surface area contributed by atoms with Gasteiger partial charge in [0.25, 0.3) is 0 Å². The van der Waals surface area contributed by atoms with Crippen molar-refractivity contribution in [2.45, 2.75) is 38.4 Å². The highest BCUT2D eigenvalue weighted by Gasteiger charge is 2.22. The molecule has 1 aromatic heterocycles. The fourth-order valence-corrected chi connectivity index (χ4v) is 2.29. The van der Waals surface area contributed by atoms with E-state index in [1.165, 1.54) is 6.42 Å². The smallest absolute Gasteiger partial charge is 0.240 e. The number of aryl methyl sites for hydroxylation is 1. The number of carbonyl (C=O) groups is 1. The van der Waals surface area contributed by atoms with Crippen LogP contribution in [-0.4, -0.2) is 33.3 Å². The molecular weight excluding hydrogens is 234 g/mol. The molecule has 0 aromatic carbocycles. The molecule has 2 aliphatic rings. The Labute approximate surface area is 104 Å². The number of hydrazine groups is 2. The van der Waals surface area contributed by atoms with Crippen molar-refractivity contribution in [1.82, 2.24) is 36.5 Å². The van der Waals surface area contributed by atoms with E-state index in [1.807, 2.05) is 0 Å². The minimum Gasteiger partial charge on any atom is -0.347 e. The van der Waals surface area contributed by atoms with Crippen molar-refractivity contribution in [2.75, 3.05) is 6.54 Å². The van der Waals surface area contributed by atoms with Crippen LogP contribution in [0.15, 0.2) is 0 Å². The van der Waals surface area contributed by atoms with Gasteiger partial charge in [0, 0.05) is 19.5 Å². The van der Waals surface area contributed by atoms with Crippen LogP contribution in [0.1, 0.15) is 24.5 Å².